The van der Waals surface area contributed by atoms with Crippen molar-refractivity contribution < 1.29 is 10.0 Å². The lowest BCUT2D eigenvalue weighted by Crippen LogP contribution is -2.30. The fraction of sp³-hybridized carbons (Fsp3) is 0. The molecule has 5 aromatic carbocycles. The van der Waals surface area contributed by atoms with E-state index in [1.807, 2.05) is 24.3 Å². The van der Waals surface area contributed by atoms with Gasteiger partial charge in [0, 0.05) is 42.1 Å². The number of nitrogens with zero attached hydrogens (tertiary/aromatic N) is 1. The van der Waals surface area contributed by atoms with Crippen LogP contribution in [-0.4, -0.2) is 21.7 Å². The standard InChI is InChI=1S/C30H20BNO2S/c33-31(34)26-18-21(17-25-23-11-5-7-13-29(23)35-30(25)26)32-27-12-6-4-10-22(27)24-16-20(14-15-28(24)32)19-8-2-1-3-9-19/h1-18,33-34H. The summed E-state index contributed by atoms with van der Waals surface area (Å²) in [6, 6.07) is 37.7. The van der Waals surface area contributed by atoms with Crippen molar-refractivity contribution in [1.29, 1.82) is 0 Å². The van der Waals surface area contributed by atoms with E-state index in [1.54, 1.807) is 11.3 Å². The van der Waals surface area contributed by atoms with Crippen LogP contribution in [0.2, 0.25) is 0 Å². The molecule has 0 aliphatic heterocycles. The Labute approximate surface area is 206 Å². The van der Waals surface area contributed by atoms with E-state index in [0.717, 1.165) is 36.9 Å². The summed E-state index contributed by atoms with van der Waals surface area (Å²) in [4.78, 5) is 0. The highest BCUT2D eigenvalue weighted by atomic mass is 32.1. The Morgan fingerprint density at radius 2 is 1.29 bits per heavy atom. The number of hydrogen-bond acceptors (Lipinski definition) is 3. The minimum absolute atomic E-state index is 0.533. The first kappa shape index (κ1) is 20.5. The molecule has 0 radical (unpaired) electrons. The summed E-state index contributed by atoms with van der Waals surface area (Å²) in [6.07, 6.45) is 0. The van der Waals surface area contributed by atoms with Gasteiger partial charge in [-0.3, -0.25) is 0 Å². The predicted octanol–water partition coefficient (Wildman–Crippen LogP) is 6.50. The Bertz CT molecular complexity index is 1890. The molecule has 2 heterocycles. The highest BCUT2D eigenvalue weighted by Crippen LogP contribution is 2.38. The molecule has 0 bridgehead atoms. The molecule has 5 heteroatoms. The van der Waals surface area contributed by atoms with Crippen LogP contribution in [0.1, 0.15) is 0 Å². The van der Waals surface area contributed by atoms with Gasteiger partial charge in [-0.2, -0.15) is 0 Å². The molecule has 2 N–H and O–H groups in total. The van der Waals surface area contributed by atoms with Gasteiger partial charge in [0.25, 0.3) is 0 Å². The lowest BCUT2D eigenvalue weighted by molar-refractivity contribution is 0.426. The summed E-state index contributed by atoms with van der Waals surface area (Å²) in [5.74, 6) is 0. The molecule has 35 heavy (non-hydrogen) atoms. The van der Waals surface area contributed by atoms with Crippen LogP contribution in [0, 0.1) is 0 Å². The molecule has 0 fully saturated rings. The van der Waals surface area contributed by atoms with Crippen LogP contribution >= 0.6 is 11.3 Å². The van der Waals surface area contributed by atoms with Crippen molar-refractivity contribution in [3.8, 4) is 16.8 Å². The van der Waals surface area contributed by atoms with E-state index in [0.29, 0.717) is 5.46 Å². The van der Waals surface area contributed by atoms with Crippen molar-refractivity contribution in [2.75, 3.05) is 0 Å². The van der Waals surface area contributed by atoms with Gasteiger partial charge in [0.15, 0.2) is 0 Å². The van der Waals surface area contributed by atoms with Crippen molar-refractivity contribution in [1.82, 2.24) is 4.57 Å². The SMILES string of the molecule is OB(O)c1cc(-n2c3ccccc3c3cc(-c4ccccc4)ccc32)cc2c1sc1ccccc12. The third-order valence-electron chi connectivity index (χ3n) is 6.81. The number of benzene rings is 5. The largest absolute Gasteiger partial charge is 0.489 e. The first-order valence-corrected chi connectivity index (χ1v) is 12.4. The van der Waals surface area contributed by atoms with E-state index in [9.17, 15) is 10.0 Å². The molecule has 0 amide bonds. The lowest BCUT2D eigenvalue weighted by Gasteiger charge is -2.12. The Kier molecular flexibility index (Phi) is 4.58. The van der Waals surface area contributed by atoms with Gasteiger partial charge in [-0.05, 0) is 47.5 Å². The van der Waals surface area contributed by atoms with Crippen LogP contribution in [0.25, 0.3) is 58.8 Å². The van der Waals surface area contributed by atoms with E-state index in [1.165, 1.54) is 21.9 Å². The Morgan fingerprint density at radius 1 is 0.571 bits per heavy atom. The first-order valence-electron chi connectivity index (χ1n) is 11.6. The van der Waals surface area contributed by atoms with E-state index in [-0.39, 0.29) is 0 Å². The van der Waals surface area contributed by atoms with Gasteiger partial charge < -0.3 is 14.6 Å². The first-order chi connectivity index (χ1) is 17.2. The Morgan fingerprint density at radius 3 is 2.11 bits per heavy atom. The van der Waals surface area contributed by atoms with E-state index in [2.05, 4.69) is 89.5 Å². The number of fused-ring (bicyclic) bond motifs is 6. The Balaban J connectivity index is 1.57. The molecule has 0 spiro atoms. The topological polar surface area (TPSA) is 45.4 Å². The lowest BCUT2D eigenvalue weighted by atomic mass is 9.79. The monoisotopic (exact) mass is 469 g/mol. The maximum absolute atomic E-state index is 10.3. The molecular formula is C30H20BNO2S. The molecule has 0 saturated heterocycles. The predicted molar refractivity (Wildman–Crippen MR) is 149 cm³/mol. The van der Waals surface area contributed by atoms with E-state index < -0.39 is 7.12 Å². The fourth-order valence-electron chi connectivity index (χ4n) is 5.22. The third kappa shape index (κ3) is 3.13. The second-order valence-corrected chi connectivity index (χ2v) is 9.89. The molecule has 0 aliphatic rings. The van der Waals surface area contributed by atoms with Crippen LogP contribution in [0.4, 0.5) is 0 Å². The average Bonchev–Trinajstić information content (AvgIpc) is 3.44. The average molecular weight is 469 g/mol. The van der Waals surface area contributed by atoms with Crippen LogP contribution < -0.4 is 5.46 Å². The molecule has 2 aromatic heterocycles. The molecule has 0 aliphatic carbocycles. The smallest absolute Gasteiger partial charge is 0.423 e. The minimum Gasteiger partial charge on any atom is -0.423 e. The normalized spacial score (nSPS) is 11.7. The van der Waals surface area contributed by atoms with Gasteiger partial charge in [0.2, 0.25) is 0 Å². The van der Waals surface area contributed by atoms with Gasteiger partial charge in [-0.25, -0.2) is 0 Å². The minimum atomic E-state index is -1.55. The second-order valence-electron chi connectivity index (χ2n) is 8.83. The molecule has 0 atom stereocenters. The number of rotatable bonds is 3. The maximum atomic E-state index is 10.3. The van der Waals surface area contributed by atoms with E-state index in [4.69, 9.17) is 0 Å². The summed E-state index contributed by atoms with van der Waals surface area (Å²) in [5.41, 5.74) is 5.98. The molecule has 0 unspecified atom stereocenters. The van der Waals surface area contributed by atoms with Gasteiger partial charge in [0.1, 0.15) is 0 Å². The van der Waals surface area contributed by atoms with E-state index >= 15 is 0 Å². The zero-order valence-corrected chi connectivity index (χ0v) is 19.5. The maximum Gasteiger partial charge on any atom is 0.489 e. The molecule has 7 aromatic rings. The summed E-state index contributed by atoms with van der Waals surface area (Å²) in [7, 11) is -1.55. The second kappa shape index (κ2) is 7.82. The highest BCUT2D eigenvalue weighted by molar-refractivity contribution is 7.27. The number of hydrogen-bond donors (Lipinski definition) is 2. The van der Waals surface area contributed by atoms with Crippen LogP contribution in [0.3, 0.4) is 0 Å². The fourth-order valence-corrected chi connectivity index (χ4v) is 6.44. The van der Waals surface area contributed by atoms with Gasteiger partial charge in [0.05, 0.1) is 11.0 Å². The van der Waals surface area contributed by atoms with Crippen molar-refractivity contribution in [3.05, 3.63) is 109 Å². The van der Waals surface area contributed by atoms with Crippen molar-refractivity contribution in [3.63, 3.8) is 0 Å². The molecule has 3 nitrogen and oxygen atoms in total. The van der Waals surface area contributed by atoms with Gasteiger partial charge in [-0.15, -0.1) is 11.3 Å². The number of para-hydroxylation sites is 1. The molecule has 166 valence electrons. The molecular weight excluding hydrogens is 449 g/mol. The Hall–Kier alpha value is -3.90. The third-order valence-corrected chi connectivity index (χ3v) is 8.04. The van der Waals surface area contributed by atoms with Crippen LogP contribution in [0.15, 0.2) is 109 Å². The molecule has 7 rings (SSSR count). The number of aromatic nitrogens is 1. The summed E-state index contributed by atoms with van der Waals surface area (Å²) >= 11 is 1.60. The van der Waals surface area contributed by atoms with Crippen molar-refractivity contribution in [2.24, 2.45) is 0 Å². The van der Waals surface area contributed by atoms with Gasteiger partial charge >= 0.3 is 7.12 Å². The highest BCUT2D eigenvalue weighted by Gasteiger charge is 2.21. The summed E-state index contributed by atoms with van der Waals surface area (Å²) < 4.78 is 4.28. The van der Waals surface area contributed by atoms with Gasteiger partial charge in [-0.1, -0.05) is 72.8 Å². The quantitative estimate of drug-likeness (QED) is 0.290. The van der Waals surface area contributed by atoms with Crippen molar-refractivity contribution >= 4 is 65.9 Å². The molecule has 0 saturated carbocycles. The van der Waals surface area contributed by atoms with Crippen molar-refractivity contribution in [2.45, 2.75) is 0 Å². The number of thiophene rings is 1. The zero-order chi connectivity index (χ0) is 23.5. The summed E-state index contributed by atoms with van der Waals surface area (Å²) in [5, 5.41) is 25.1. The van der Waals surface area contributed by atoms with Crippen LogP contribution in [0.5, 0.6) is 0 Å². The zero-order valence-electron chi connectivity index (χ0n) is 18.7. The van der Waals surface area contributed by atoms with Crippen LogP contribution in [-0.2, 0) is 0 Å². The summed E-state index contributed by atoms with van der Waals surface area (Å²) in [6.45, 7) is 0.